The maximum absolute atomic E-state index is 5.54. The molecule has 0 amide bonds. The standard InChI is InChI=1S/C15H24N2O3/c1-18-13-6-5-12(14(19-2)15(13)20-3)11-17-9-4-7-16-8-10-17/h5-6,16H,4,7-11H2,1-3H3. The summed E-state index contributed by atoms with van der Waals surface area (Å²) in [5, 5.41) is 3.41. The van der Waals surface area contributed by atoms with E-state index in [0.29, 0.717) is 11.5 Å². The molecule has 1 aliphatic rings. The molecule has 2 rings (SSSR count). The van der Waals surface area contributed by atoms with Gasteiger partial charge in [0, 0.05) is 25.2 Å². The van der Waals surface area contributed by atoms with Crippen molar-refractivity contribution in [2.24, 2.45) is 0 Å². The van der Waals surface area contributed by atoms with Crippen molar-refractivity contribution < 1.29 is 14.2 Å². The number of methoxy groups -OCH3 is 3. The fourth-order valence-corrected chi connectivity index (χ4v) is 2.59. The molecule has 1 fully saturated rings. The molecule has 112 valence electrons. The van der Waals surface area contributed by atoms with Gasteiger partial charge in [-0.1, -0.05) is 6.07 Å². The van der Waals surface area contributed by atoms with Gasteiger partial charge in [0.2, 0.25) is 5.75 Å². The summed E-state index contributed by atoms with van der Waals surface area (Å²) >= 11 is 0. The number of hydrogen-bond donors (Lipinski definition) is 1. The van der Waals surface area contributed by atoms with E-state index in [0.717, 1.165) is 44.0 Å². The first-order valence-corrected chi connectivity index (χ1v) is 7.01. The average molecular weight is 280 g/mol. The van der Waals surface area contributed by atoms with Gasteiger partial charge >= 0.3 is 0 Å². The fraction of sp³-hybridized carbons (Fsp3) is 0.600. The quantitative estimate of drug-likeness (QED) is 0.885. The van der Waals surface area contributed by atoms with Crippen molar-refractivity contribution in [2.75, 3.05) is 47.5 Å². The van der Waals surface area contributed by atoms with E-state index in [1.165, 1.54) is 6.42 Å². The highest BCUT2D eigenvalue weighted by atomic mass is 16.5. The van der Waals surface area contributed by atoms with Crippen LogP contribution in [0.25, 0.3) is 0 Å². The van der Waals surface area contributed by atoms with Crippen molar-refractivity contribution in [3.05, 3.63) is 17.7 Å². The lowest BCUT2D eigenvalue weighted by atomic mass is 10.1. The minimum atomic E-state index is 0.667. The predicted molar refractivity (Wildman–Crippen MR) is 78.9 cm³/mol. The van der Waals surface area contributed by atoms with Crippen LogP contribution in [0.5, 0.6) is 17.2 Å². The molecule has 5 nitrogen and oxygen atoms in total. The Morgan fingerprint density at radius 3 is 2.50 bits per heavy atom. The van der Waals surface area contributed by atoms with E-state index in [-0.39, 0.29) is 0 Å². The van der Waals surface area contributed by atoms with Crippen molar-refractivity contribution in [3.8, 4) is 17.2 Å². The number of nitrogens with zero attached hydrogens (tertiary/aromatic N) is 1. The Hall–Kier alpha value is -1.46. The number of rotatable bonds is 5. The van der Waals surface area contributed by atoms with E-state index in [1.54, 1.807) is 21.3 Å². The first-order valence-electron chi connectivity index (χ1n) is 7.01. The molecule has 5 heteroatoms. The highest BCUT2D eigenvalue weighted by molar-refractivity contribution is 5.55. The van der Waals surface area contributed by atoms with Crippen LogP contribution in [0.15, 0.2) is 12.1 Å². The Bertz CT molecular complexity index is 429. The van der Waals surface area contributed by atoms with E-state index in [9.17, 15) is 0 Å². The number of nitrogens with one attached hydrogen (secondary N) is 1. The van der Waals surface area contributed by atoms with Crippen LogP contribution in [0.3, 0.4) is 0 Å². The van der Waals surface area contributed by atoms with Gasteiger partial charge in [-0.15, -0.1) is 0 Å². The van der Waals surface area contributed by atoms with Crippen LogP contribution in [0, 0.1) is 0 Å². The molecular weight excluding hydrogens is 256 g/mol. The monoisotopic (exact) mass is 280 g/mol. The zero-order valence-electron chi connectivity index (χ0n) is 12.6. The summed E-state index contributed by atoms with van der Waals surface area (Å²) in [5.74, 6) is 2.13. The fourth-order valence-electron chi connectivity index (χ4n) is 2.59. The molecule has 1 aliphatic heterocycles. The van der Waals surface area contributed by atoms with Crippen LogP contribution in [-0.4, -0.2) is 52.4 Å². The summed E-state index contributed by atoms with van der Waals surface area (Å²) < 4.78 is 16.3. The zero-order valence-corrected chi connectivity index (χ0v) is 12.6. The van der Waals surface area contributed by atoms with Crippen LogP contribution in [0.1, 0.15) is 12.0 Å². The van der Waals surface area contributed by atoms with Gasteiger partial charge in [0.15, 0.2) is 11.5 Å². The minimum absolute atomic E-state index is 0.667. The molecule has 20 heavy (non-hydrogen) atoms. The maximum Gasteiger partial charge on any atom is 0.203 e. The second-order valence-corrected chi connectivity index (χ2v) is 4.87. The van der Waals surface area contributed by atoms with Crippen molar-refractivity contribution in [1.82, 2.24) is 10.2 Å². The van der Waals surface area contributed by atoms with Gasteiger partial charge in [0.1, 0.15) is 0 Å². The third-order valence-electron chi connectivity index (χ3n) is 3.61. The molecule has 1 aromatic carbocycles. The molecule has 0 bridgehead atoms. The van der Waals surface area contributed by atoms with Gasteiger partial charge in [-0.2, -0.15) is 0 Å². The summed E-state index contributed by atoms with van der Waals surface area (Å²) in [6, 6.07) is 3.99. The topological polar surface area (TPSA) is 43.0 Å². The lowest BCUT2D eigenvalue weighted by Gasteiger charge is -2.22. The van der Waals surface area contributed by atoms with Gasteiger partial charge in [0.05, 0.1) is 21.3 Å². The molecule has 1 N–H and O–H groups in total. The van der Waals surface area contributed by atoms with E-state index in [1.807, 2.05) is 6.07 Å². The molecule has 0 aromatic heterocycles. The Balaban J connectivity index is 2.21. The summed E-state index contributed by atoms with van der Waals surface area (Å²) in [6.07, 6.45) is 1.18. The van der Waals surface area contributed by atoms with Crippen LogP contribution in [-0.2, 0) is 6.54 Å². The lowest BCUT2D eigenvalue weighted by molar-refractivity contribution is 0.273. The molecule has 1 heterocycles. The molecule has 0 unspecified atom stereocenters. The van der Waals surface area contributed by atoms with E-state index < -0.39 is 0 Å². The highest BCUT2D eigenvalue weighted by Crippen LogP contribution is 2.40. The molecule has 0 spiro atoms. The van der Waals surface area contributed by atoms with Crippen LogP contribution in [0.2, 0.25) is 0 Å². The second-order valence-electron chi connectivity index (χ2n) is 4.87. The summed E-state index contributed by atoms with van der Waals surface area (Å²) in [7, 11) is 4.95. The maximum atomic E-state index is 5.54. The lowest BCUT2D eigenvalue weighted by Crippen LogP contribution is -2.27. The average Bonchev–Trinajstić information content (AvgIpc) is 2.75. The van der Waals surface area contributed by atoms with Gasteiger partial charge in [-0.3, -0.25) is 4.90 Å². The number of hydrogen-bond acceptors (Lipinski definition) is 5. The Morgan fingerprint density at radius 1 is 1.00 bits per heavy atom. The third kappa shape index (κ3) is 3.35. The van der Waals surface area contributed by atoms with Gasteiger partial charge < -0.3 is 19.5 Å². The Labute approximate surface area is 120 Å². The molecular formula is C15H24N2O3. The first-order chi connectivity index (χ1) is 9.80. The van der Waals surface area contributed by atoms with Crippen LogP contribution in [0.4, 0.5) is 0 Å². The molecule has 0 radical (unpaired) electrons. The molecule has 1 saturated heterocycles. The SMILES string of the molecule is COc1ccc(CN2CCCNCC2)c(OC)c1OC. The van der Waals surface area contributed by atoms with Crippen molar-refractivity contribution >= 4 is 0 Å². The highest BCUT2D eigenvalue weighted by Gasteiger charge is 2.18. The van der Waals surface area contributed by atoms with Crippen molar-refractivity contribution in [2.45, 2.75) is 13.0 Å². The largest absolute Gasteiger partial charge is 0.493 e. The first kappa shape index (κ1) is 14.9. The summed E-state index contributed by atoms with van der Waals surface area (Å²) in [5.41, 5.74) is 1.13. The van der Waals surface area contributed by atoms with Crippen molar-refractivity contribution in [3.63, 3.8) is 0 Å². The summed E-state index contributed by atoms with van der Waals surface area (Å²) in [4.78, 5) is 2.43. The predicted octanol–water partition coefficient (Wildman–Crippen LogP) is 1.51. The van der Waals surface area contributed by atoms with Crippen LogP contribution < -0.4 is 19.5 Å². The molecule has 0 saturated carbocycles. The van der Waals surface area contributed by atoms with E-state index in [4.69, 9.17) is 14.2 Å². The van der Waals surface area contributed by atoms with Crippen molar-refractivity contribution in [1.29, 1.82) is 0 Å². The van der Waals surface area contributed by atoms with E-state index >= 15 is 0 Å². The second kappa shape index (κ2) is 7.36. The van der Waals surface area contributed by atoms with Gasteiger partial charge in [-0.25, -0.2) is 0 Å². The van der Waals surface area contributed by atoms with Gasteiger partial charge in [0.25, 0.3) is 0 Å². The third-order valence-corrected chi connectivity index (χ3v) is 3.61. The molecule has 0 aliphatic carbocycles. The smallest absolute Gasteiger partial charge is 0.203 e. The van der Waals surface area contributed by atoms with Crippen LogP contribution >= 0.6 is 0 Å². The molecule has 1 aromatic rings. The number of ether oxygens (including phenoxy) is 3. The Kier molecular flexibility index (Phi) is 5.49. The number of benzene rings is 1. The minimum Gasteiger partial charge on any atom is -0.493 e. The normalized spacial score (nSPS) is 16.6. The Morgan fingerprint density at radius 2 is 1.80 bits per heavy atom. The zero-order chi connectivity index (χ0) is 14.4. The summed E-state index contributed by atoms with van der Waals surface area (Å²) in [6.45, 7) is 5.16. The van der Waals surface area contributed by atoms with E-state index in [2.05, 4.69) is 16.3 Å². The molecule has 0 atom stereocenters. The van der Waals surface area contributed by atoms with Gasteiger partial charge in [-0.05, 0) is 25.6 Å².